The molecular formula is C17H21NO2. The van der Waals surface area contributed by atoms with Gasteiger partial charge in [-0.1, -0.05) is 32.0 Å². The lowest BCUT2D eigenvalue weighted by atomic mass is 9.91. The van der Waals surface area contributed by atoms with E-state index in [1.165, 1.54) is 6.42 Å². The van der Waals surface area contributed by atoms with E-state index in [1.54, 1.807) is 0 Å². The van der Waals surface area contributed by atoms with Crippen LogP contribution in [0.15, 0.2) is 29.8 Å². The number of nitrogens with zero attached hydrogens (tertiary/aromatic N) is 1. The van der Waals surface area contributed by atoms with Gasteiger partial charge in [0, 0.05) is 18.7 Å². The topological polar surface area (TPSA) is 29.5 Å². The number of hydrogen-bond donors (Lipinski definition) is 0. The summed E-state index contributed by atoms with van der Waals surface area (Å²) in [5.74, 6) is 2.17. The molecule has 3 rings (SSSR count). The highest BCUT2D eigenvalue weighted by Crippen LogP contribution is 2.28. The van der Waals surface area contributed by atoms with Gasteiger partial charge in [0.15, 0.2) is 0 Å². The van der Waals surface area contributed by atoms with Crippen LogP contribution in [-0.2, 0) is 4.79 Å². The fourth-order valence-corrected chi connectivity index (χ4v) is 3.27. The molecule has 3 nitrogen and oxygen atoms in total. The van der Waals surface area contributed by atoms with E-state index in [0.29, 0.717) is 18.4 Å². The van der Waals surface area contributed by atoms with Crippen molar-refractivity contribution in [3.8, 4) is 5.75 Å². The molecule has 0 spiro atoms. The maximum atomic E-state index is 12.6. The zero-order chi connectivity index (χ0) is 14.1. The molecule has 0 aromatic heterocycles. The molecule has 1 aromatic rings. The summed E-state index contributed by atoms with van der Waals surface area (Å²) in [5, 5.41) is 0. The van der Waals surface area contributed by atoms with E-state index in [1.807, 2.05) is 35.2 Å². The van der Waals surface area contributed by atoms with Crippen molar-refractivity contribution in [3.05, 3.63) is 35.4 Å². The molecule has 1 amide bonds. The van der Waals surface area contributed by atoms with Crippen LogP contribution in [-0.4, -0.2) is 30.5 Å². The second-order valence-corrected chi connectivity index (χ2v) is 6.15. The third-order valence-electron chi connectivity index (χ3n) is 4.06. The van der Waals surface area contributed by atoms with Gasteiger partial charge in [-0.3, -0.25) is 4.79 Å². The first-order valence-electron chi connectivity index (χ1n) is 7.35. The van der Waals surface area contributed by atoms with Crippen molar-refractivity contribution in [1.82, 2.24) is 4.90 Å². The van der Waals surface area contributed by atoms with Crippen LogP contribution in [0.2, 0.25) is 0 Å². The Bertz CT molecular complexity index is 540. The molecule has 0 N–H and O–H groups in total. The molecule has 2 atom stereocenters. The van der Waals surface area contributed by atoms with Crippen LogP contribution >= 0.6 is 0 Å². The number of fused-ring (bicyclic) bond motifs is 1. The molecule has 0 unspecified atom stereocenters. The molecule has 106 valence electrons. The number of hydrogen-bond acceptors (Lipinski definition) is 2. The molecule has 1 fully saturated rings. The Labute approximate surface area is 120 Å². The minimum absolute atomic E-state index is 0.137. The first-order chi connectivity index (χ1) is 9.63. The summed E-state index contributed by atoms with van der Waals surface area (Å²) >= 11 is 0. The van der Waals surface area contributed by atoms with Crippen LogP contribution in [0.25, 0.3) is 6.08 Å². The van der Waals surface area contributed by atoms with E-state index in [9.17, 15) is 4.79 Å². The van der Waals surface area contributed by atoms with Crippen LogP contribution in [0.3, 0.4) is 0 Å². The van der Waals surface area contributed by atoms with Gasteiger partial charge in [-0.2, -0.15) is 0 Å². The molecule has 0 radical (unpaired) electrons. The molecule has 1 aromatic carbocycles. The lowest BCUT2D eigenvalue weighted by Crippen LogP contribution is -2.44. The van der Waals surface area contributed by atoms with Crippen LogP contribution in [0, 0.1) is 11.8 Å². The zero-order valence-corrected chi connectivity index (χ0v) is 12.1. The van der Waals surface area contributed by atoms with Crippen LogP contribution in [0.4, 0.5) is 0 Å². The molecule has 3 heteroatoms. The van der Waals surface area contributed by atoms with E-state index in [4.69, 9.17) is 4.74 Å². The fraction of sp³-hybridized carbons (Fsp3) is 0.471. The van der Waals surface area contributed by atoms with Gasteiger partial charge in [0.05, 0.1) is 5.57 Å². The zero-order valence-electron chi connectivity index (χ0n) is 12.1. The Morgan fingerprint density at radius 3 is 2.65 bits per heavy atom. The number of likely N-dealkylation sites (tertiary alicyclic amines) is 1. The van der Waals surface area contributed by atoms with Gasteiger partial charge >= 0.3 is 0 Å². The summed E-state index contributed by atoms with van der Waals surface area (Å²) in [6.07, 6.45) is 3.19. The molecule has 2 aliphatic heterocycles. The van der Waals surface area contributed by atoms with Gasteiger partial charge in [0.25, 0.3) is 5.91 Å². The summed E-state index contributed by atoms with van der Waals surface area (Å²) in [7, 11) is 0. The number of ether oxygens (including phenoxy) is 1. The van der Waals surface area contributed by atoms with Crippen molar-refractivity contribution in [3.63, 3.8) is 0 Å². The maximum Gasteiger partial charge on any atom is 0.253 e. The van der Waals surface area contributed by atoms with Crippen LogP contribution in [0.5, 0.6) is 5.75 Å². The fourth-order valence-electron chi connectivity index (χ4n) is 3.27. The van der Waals surface area contributed by atoms with Gasteiger partial charge in [0.2, 0.25) is 0 Å². The predicted octanol–water partition coefficient (Wildman–Crippen LogP) is 2.97. The number of benzene rings is 1. The normalized spacial score (nSPS) is 25.5. The lowest BCUT2D eigenvalue weighted by molar-refractivity contribution is -0.130. The summed E-state index contributed by atoms with van der Waals surface area (Å²) in [5.41, 5.74) is 1.77. The lowest BCUT2D eigenvalue weighted by Gasteiger charge is -2.35. The van der Waals surface area contributed by atoms with E-state index < -0.39 is 0 Å². The molecule has 2 aliphatic rings. The Morgan fingerprint density at radius 2 is 1.90 bits per heavy atom. The monoisotopic (exact) mass is 271 g/mol. The number of piperidine rings is 1. The first-order valence-corrected chi connectivity index (χ1v) is 7.35. The Balaban J connectivity index is 1.80. The van der Waals surface area contributed by atoms with Crippen molar-refractivity contribution in [1.29, 1.82) is 0 Å². The van der Waals surface area contributed by atoms with Gasteiger partial charge in [-0.25, -0.2) is 0 Å². The van der Waals surface area contributed by atoms with Gasteiger partial charge in [-0.15, -0.1) is 0 Å². The maximum absolute atomic E-state index is 12.6. The standard InChI is InChI=1S/C17H21NO2/c1-12-7-13(2)10-18(9-12)17(19)15-8-14-5-3-4-6-16(14)20-11-15/h3-6,8,12-13H,7,9-11H2,1-2H3/t12-,13-/m0/s1. The summed E-state index contributed by atoms with van der Waals surface area (Å²) in [6, 6.07) is 7.85. The van der Waals surface area contributed by atoms with E-state index >= 15 is 0 Å². The Kier molecular flexibility index (Phi) is 3.51. The van der Waals surface area contributed by atoms with Crippen molar-refractivity contribution in [2.24, 2.45) is 11.8 Å². The molecule has 0 saturated carbocycles. The number of amides is 1. The highest BCUT2D eigenvalue weighted by molar-refractivity contribution is 5.99. The van der Waals surface area contributed by atoms with Crippen LogP contribution in [0.1, 0.15) is 25.8 Å². The van der Waals surface area contributed by atoms with E-state index in [2.05, 4.69) is 13.8 Å². The second-order valence-electron chi connectivity index (χ2n) is 6.15. The van der Waals surface area contributed by atoms with E-state index in [0.717, 1.165) is 30.0 Å². The molecule has 1 saturated heterocycles. The molecule has 0 bridgehead atoms. The average molecular weight is 271 g/mol. The van der Waals surface area contributed by atoms with E-state index in [-0.39, 0.29) is 5.91 Å². The summed E-state index contributed by atoms with van der Waals surface area (Å²) < 4.78 is 5.69. The number of rotatable bonds is 1. The number of para-hydroxylation sites is 1. The third-order valence-corrected chi connectivity index (χ3v) is 4.06. The Hall–Kier alpha value is -1.77. The first kappa shape index (κ1) is 13.2. The largest absolute Gasteiger partial charge is 0.488 e. The van der Waals surface area contributed by atoms with Crippen molar-refractivity contribution >= 4 is 12.0 Å². The number of carbonyl (C=O) groups excluding carboxylic acids is 1. The summed E-state index contributed by atoms with van der Waals surface area (Å²) in [4.78, 5) is 14.6. The molecular weight excluding hydrogens is 250 g/mol. The second kappa shape index (κ2) is 5.31. The quantitative estimate of drug-likeness (QED) is 0.786. The predicted molar refractivity (Wildman–Crippen MR) is 79.4 cm³/mol. The van der Waals surface area contributed by atoms with Crippen LogP contribution < -0.4 is 4.74 Å². The third kappa shape index (κ3) is 2.58. The number of carbonyl (C=O) groups is 1. The SMILES string of the molecule is C[C@H]1C[C@H](C)CN(C(=O)C2=Cc3ccccc3OC2)C1. The van der Waals surface area contributed by atoms with Crippen molar-refractivity contribution in [2.75, 3.05) is 19.7 Å². The average Bonchev–Trinajstić information content (AvgIpc) is 2.45. The molecule has 2 heterocycles. The van der Waals surface area contributed by atoms with Gasteiger partial charge < -0.3 is 9.64 Å². The summed E-state index contributed by atoms with van der Waals surface area (Å²) in [6.45, 7) is 6.55. The minimum Gasteiger partial charge on any atom is -0.488 e. The van der Waals surface area contributed by atoms with Crippen molar-refractivity contribution in [2.45, 2.75) is 20.3 Å². The highest BCUT2D eigenvalue weighted by atomic mass is 16.5. The molecule has 20 heavy (non-hydrogen) atoms. The smallest absolute Gasteiger partial charge is 0.253 e. The molecule has 0 aliphatic carbocycles. The minimum atomic E-state index is 0.137. The van der Waals surface area contributed by atoms with Gasteiger partial charge in [-0.05, 0) is 30.4 Å². The highest BCUT2D eigenvalue weighted by Gasteiger charge is 2.28. The van der Waals surface area contributed by atoms with Crippen molar-refractivity contribution < 1.29 is 9.53 Å². The van der Waals surface area contributed by atoms with Gasteiger partial charge in [0.1, 0.15) is 12.4 Å². The Morgan fingerprint density at radius 1 is 1.20 bits per heavy atom.